The molecule has 14 nitrogen and oxygen atoms in total. The first kappa shape index (κ1) is 31.7. The maximum Gasteiger partial charge on any atom is 0.326 e. The third-order valence-corrected chi connectivity index (χ3v) is 7.21. The number of hydrogen-bond acceptors (Lipinski definition) is 11. The van der Waals surface area contributed by atoms with Crippen molar-refractivity contribution in [3.05, 3.63) is 29.8 Å². The summed E-state index contributed by atoms with van der Waals surface area (Å²) in [5, 5.41) is 41.5. The summed E-state index contributed by atoms with van der Waals surface area (Å²) in [6.07, 6.45) is 0.482. The van der Waals surface area contributed by atoms with Crippen LogP contribution < -0.4 is 43.0 Å². The number of nitrogens with zero attached hydrogens (tertiary/aromatic N) is 1. The summed E-state index contributed by atoms with van der Waals surface area (Å²) in [6.45, 7) is 5.80. The van der Waals surface area contributed by atoms with Crippen LogP contribution in [0.3, 0.4) is 0 Å². The van der Waals surface area contributed by atoms with E-state index in [-0.39, 0.29) is 37.3 Å². The van der Waals surface area contributed by atoms with Crippen LogP contribution in [0.15, 0.2) is 24.3 Å². The molecule has 2 aliphatic rings. The van der Waals surface area contributed by atoms with Gasteiger partial charge in [-0.15, -0.1) is 0 Å². The molecular formula is C26H45N9O5. The predicted octanol–water partition coefficient (Wildman–Crippen LogP) is -2.99. The van der Waals surface area contributed by atoms with Crippen molar-refractivity contribution in [1.82, 2.24) is 42.1 Å². The fraction of sp³-hybridized carbons (Fsp3) is 0.654. The molecule has 0 aliphatic carbocycles. The highest BCUT2D eigenvalue weighted by atomic mass is 16.4. The third kappa shape index (κ3) is 10.3. The van der Waals surface area contributed by atoms with Crippen LogP contribution in [0, 0.1) is 0 Å². The number of nitrogens with one attached hydrogen (secondary N) is 7. The smallest absolute Gasteiger partial charge is 0.326 e. The van der Waals surface area contributed by atoms with Crippen molar-refractivity contribution in [2.75, 3.05) is 66.1 Å². The summed E-state index contributed by atoms with van der Waals surface area (Å²) >= 11 is 0. The number of amides is 2. The molecule has 2 amide bonds. The van der Waals surface area contributed by atoms with Crippen molar-refractivity contribution in [2.45, 2.75) is 43.1 Å². The molecule has 0 radical (unpaired) electrons. The number of rotatable bonds is 10. The van der Waals surface area contributed by atoms with Crippen LogP contribution in [-0.4, -0.2) is 116 Å². The molecular weight excluding hydrogens is 518 g/mol. The van der Waals surface area contributed by atoms with Gasteiger partial charge in [0.25, 0.3) is 0 Å². The molecule has 1 aromatic carbocycles. The zero-order valence-corrected chi connectivity index (χ0v) is 23.2. The fourth-order valence-electron chi connectivity index (χ4n) is 4.83. The highest BCUT2D eigenvalue weighted by Gasteiger charge is 2.34. The Morgan fingerprint density at radius 2 is 1.68 bits per heavy atom. The van der Waals surface area contributed by atoms with E-state index in [0.717, 1.165) is 19.6 Å². The van der Waals surface area contributed by atoms with E-state index in [1.165, 1.54) is 12.1 Å². The van der Waals surface area contributed by atoms with Crippen molar-refractivity contribution in [3.63, 3.8) is 0 Å². The lowest BCUT2D eigenvalue weighted by molar-refractivity contribution is -0.141. The van der Waals surface area contributed by atoms with Crippen LogP contribution in [0.1, 0.15) is 24.8 Å². The number of aliphatic carboxylic acids is 1. The van der Waals surface area contributed by atoms with E-state index >= 15 is 0 Å². The van der Waals surface area contributed by atoms with Crippen LogP contribution in [0.2, 0.25) is 0 Å². The number of carbonyl (C=O) groups excluding carboxylic acids is 2. The predicted molar refractivity (Wildman–Crippen MR) is 150 cm³/mol. The summed E-state index contributed by atoms with van der Waals surface area (Å²) < 4.78 is 0. The van der Waals surface area contributed by atoms with E-state index in [1.807, 2.05) is 7.05 Å². The Morgan fingerprint density at radius 1 is 1.02 bits per heavy atom. The molecule has 2 aliphatic heterocycles. The van der Waals surface area contributed by atoms with Gasteiger partial charge in [-0.05, 0) is 31.2 Å². The number of aromatic hydroxyl groups is 1. The molecule has 0 saturated carbocycles. The molecule has 14 heteroatoms. The molecule has 4 atom stereocenters. The first-order chi connectivity index (χ1) is 19.1. The Kier molecular flexibility index (Phi) is 12.1. The number of nitrogens with two attached hydrogens (primary N) is 1. The second kappa shape index (κ2) is 15.2. The van der Waals surface area contributed by atoms with Gasteiger partial charge in [0.1, 0.15) is 17.5 Å². The monoisotopic (exact) mass is 563 g/mol. The molecule has 1 aromatic rings. The number of phenolic OH excluding ortho intramolecular Hbond substituents is 1. The van der Waals surface area contributed by atoms with Crippen LogP contribution in [-0.2, 0) is 20.8 Å². The summed E-state index contributed by atoms with van der Waals surface area (Å²) in [5.74, 6) is -1.72. The molecule has 3 rings (SSSR count). The zero-order chi connectivity index (χ0) is 29.0. The lowest BCUT2D eigenvalue weighted by Crippen LogP contribution is -2.72. The van der Waals surface area contributed by atoms with Gasteiger partial charge in [-0.2, -0.15) is 0 Å². The largest absolute Gasteiger partial charge is 0.508 e. The first-order valence-electron chi connectivity index (χ1n) is 13.8. The second-order valence-electron chi connectivity index (χ2n) is 10.6. The van der Waals surface area contributed by atoms with Crippen molar-refractivity contribution in [3.8, 4) is 5.75 Å². The van der Waals surface area contributed by atoms with E-state index < -0.39 is 29.2 Å². The standard InChI is InChI=1S/C26H45N9O5/c1-28-26(16-30-10-9-29-14-25(27)15-31-11-12-35(17-26)18-32-25)34-23(38)4-2-3-22(37)33-21(24(39)40)13-19-5-7-20(36)8-6-19/h5-8,21,28-32,36H,2-4,9-18,27H2,1H3,(H,33,37)(H,34,38)(H,39,40)/t21?,25-,26-/m0/s1. The summed E-state index contributed by atoms with van der Waals surface area (Å²) in [4.78, 5) is 39.3. The summed E-state index contributed by atoms with van der Waals surface area (Å²) in [7, 11) is 1.81. The average molecular weight is 564 g/mol. The summed E-state index contributed by atoms with van der Waals surface area (Å²) in [6, 6.07) is 5.05. The highest BCUT2D eigenvalue weighted by molar-refractivity contribution is 5.84. The highest BCUT2D eigenvalue weighted by Crippen LogP contribution is 2.12. The van der Waals surface area contributed by atoms with Gasteiger partial charge in [-0.1, -0.05) is 12.1 Å². The molecule has 2 fully saturated rings. The van der Waals surface area contributed by atoms with Crippen LogP contribution >= 0.6 is 0 Å². The Morgan fingerprint density at radius 3 is 2.35 bits per heavy atom. The van der Waals surface area contributed by atoms with Gasteiger partial charge in [0.2, 0.25) is 11.8 Å². The molecule has 2 heterocycles. The minimum absolute atomic E-state index is 0.0174. The number of hydrogen-bond donors (Lipinski definition) is 10. The molecule has 2 saturated heterocycles. The second-order valence-corrected chi connectivity index (χ2v) is 10.6. The number of carbonyl (C=O) groups is 3. The third-order valence-electron chi connectivity index (χ3n) is 7.21. The lowest BCUT2D eigenvalue weighted by Gasteiger charge is -2.43. The van der Waals surface area contributed by atoms with Gasteiger partial charge in [0.15, 0.2) is 0 Å². The van der Waals surface area contributed by atoms with E-state index in [9.17, 15) is 24.6 Å². The van der Waals surface area contributed by atoms with Gasteiger partial charge < -0.3 is 42.5 Å². The maximum absolute atomic E-state index is 13.0. The van der Waals surface area contributed by atoms with E-state index in [0.29, 0.717) is 45.0 Å². The minimum atomic E-state index is -1.15. The summed E-state index contributed by atoms with van der Waals surface area (Å²) in [5.41, 5.74) is 5.88. The fourth-order valence-corrected chi connectivity index (χ4v) is 4.83. The Bertz CT molecular complexity index is 982. The van der Waals surface area contributed by atoms with Crippen LogP contribution in [0.5, 0.6) is 5.75 Å². The minimum Gasteiger partial charge on any atom is -0.508 e. The lowest BCUT2D eigenvalue weighted by atomic mass is 10.1. The van der Waals surface area contributed by atoms with Gasteiger partial charge in [0, 0.05) is 78.3 Å². The molecule has 0 spiro atoms. The molecule has 11 N–H and O–H groups in total. The van der Waals surface area contributed by atoms with Gasteiger partial charge in [0.05, 0.1) is 5.66 Å². The van der Waals surface area contributed by atoms with E-state index in [2.05, 4.69) is 42.1 Å². The number of benzene rings is 1. The normalized spacial score (nSPS) is 26.8. The molecule has 2 unspecified atom stereocenters. The molecule has 40 heavy (non-hydrogen) atoms. The van der Waals surface area contributed by atoms with Crippen molar-refractivity contribution in [1.29, 1.82) is 0 Å². The van der Waals surface area contributed by atoms with Gasteiger partial charge >= 0.3 is 5.97 Å². The first-order valence-corrected chi connectivity index (χ1v) is 13.8. The topological polar surface area (TPSA) is 205 Å². The molecule has 224 valence electrons. The van der Waals surface area contributed by atoms with Gasteiger partial charge in [-0.25, -0.2) is 4.79 Å². The SMILES string of the molecule is CN[C@]1(NC(=O)CCCC(=O)NC(Cc2ccc(O)cc2)C(=O)O)CNCCNC[C@@]2(N)CNCCN(CN2)C1. The number of phenols is 1. The molecule has 0 aromatic heterocycles. The average Bonchev–Trinajstić information content (AvgIpc) is 2.90. The number of carboxylic acids is 1. The number of carboxylic acid groups (broad SMARTS) is 1. The van der Waals surface area contributed by atoms with Crippen LogP contribution in [0.4, 0.5) is 0 Å². The van der Waals surface area contributed by atoms with Crippen LogP contribution in [0.25, 0.3) is 0 Å². The van der Waals surface area contributed by atoms with E-state index in [1.54, 1.807) is 12.1 Å². The Hall–Kier alpha value is -2.85. The van der Waals surface area contributed by atoms with Crippen molar-refractivity contribution >= 4 is 17.8 Å². The number of likely N-dealkylation sites (N-methyl/N-ethyl adjacent to an activating group) is 1. The van der Waals surface area contributed by atoms with Gasteiger partial charge in [-0.3, -0.25) is 25.1 Å². The van der Waals surface area contributed by atoms with Crippen molar-refractivity contribution in [2.24, 2.45) is 5.73 Å². The zero-order valence-electron chi connectivity index (χ0n) is 23.2. The molecule has 2 bridgehead atoms. The maximum atomic E-state index is 13.0. The quantitative estimate of drug-likeness (QED) is 0.129. The Labute approximate surface area is 235 Å². The number of fused-ring (bicyclic) bond motifs is 3. The Balaban J connectivity index is 1.53. The van der Waals surface area contributed by atoms with Crippen molar-refractivity contribution < 1.29 is 24.6 Å². The van der Waals surface area contributed by atoms with E-state index in [4.69, 9.17) is 5.73 Å².